The van der Waals surface area contributed by atoms with Crippen LogP contribution in [0.15, 0.2) is 4.52 Å². The predicted octanol–water partition coefficient (Wildman–Crippen LogP) is 0.940. The highest BCUT2D eigenvalue weighted by molar-refractivity contribution is 7.91. The van der Waals surface area contributed by atoms with Gasteiger partial charge in [0.15, 0.2) is 15.7 Å². The molecule has 20 heavy (non-hydrogen) atoms. The van der Waals surface area contributed by atoms with Crippen LogP contribution in [0, 0.1) is 5.92 Å². The molecule has 0 amide bonds. The molecule has 1 N–H and O–H groups in total. The van der Waals surface area contributed by atoms with E-state index in [1.807, 2.05) is 0 Å². The number of aromatic nitrogens is 2. The molecule has 2 heterocycles. The van der Waals surface area contributed by atoms with Gasteiger partial charge in [0, 0.05) is 5.92 Å². The first-order chi connectivity index (χ1) is 9.46. The Labute approximate surface area is 116 Å². The first-order valence-corrected chi connectivity index (χ1v) is 8.55. The lowest BCUT2D eigenvalue weighted by Crippen LogP contribution is -2.17. The van der Waals surface area contributed by atoms with Crippen molar-refractivity contribution in [2.24, 2.45) is 5.92 Å². The quantitative estimate of drug-likeness (QED) is 0.884. The van der Waals surface area contributed by atoms with Gasteiger partial charge in [0.25, 0.3) is 0 Å². The molecule has 8 heteroatoms. The zero-order valence-corrected chi connectivity index (χ0v) is 11.7. The number of hydrogen-bond acceptors (Lipinski definition) is 6. The third-order valence-electron chi connectivity index (χ3n) is 4.21. The number of rotatable bonds is 3. The molecule has 1 saturated carbocycles. The molecule has 0 bridgehead atoms. The summed E-state index contributed by atoms with van der Waals surface area (Å²) in [7, 11) is -2.99. The topological polar surface area (TPSA) is 110 Å². The minimum atomic E-state index is -2.99. The van der Waals surface area contributed by atoms with Crippen LogP contribution in [0.2, 0.25) is 0 Å². The van der Waals surface area contributed by atoms with E-state index in [9.17, 15) is 13.2 Å². The van der Waals surface area contributed by atoms with E-state index < -0.39 is 21.7 Å². The normalized spacial score (nSPS) is 32.5. The molecule has 1 saturated heterocycles. The summed E-state index contributed by atoms with van der Waals surface area (Å²) in [5.74, 6) is -0.826. The van der Waals surface area contributed by atoms with Crippen LogP contribution in [-0.4, -0.2) is 41.1 Å². The fourth-order valence-corrected chi connectivity index (χ4v) is 4.85. The molecular weight excluding hydrogens is 284 g/mol. The summed E-state index contributed by atoms with van der Waals surface area (Å²) < 4.78 is 28.1. The SMILES string of the molecule is O=C(O)C1CCCC1c1nc(C2CCS(=O)(=O)C2)no1. The zero-order valence-electron chi connectivity index (χ0n) is 10.9. The van der Waals surface area contributed by atoms with E-state index in [4.69, 9.17) is 9.63 Å². The van der Waals surface area contributed by atoms with Gasteiger partial charge in [0.1, 0.15) is 0 Å². The molecule has 0 radical (unpaired) electrons. The predicted molar refractivity (Wildman–Crippen MR) is 68.0 cm³/mol. The lowest BCUT2D eigenvalue weighted by atomic mass is 9.96. The number of aliphatic carboxylic acids is 1. The molecule has 1 aliphatic carbocycles. The van der Waals surface area contributed by atoms with E-state index in [2.05, 4.69) is 10.1 Å². The number of nitrogens with zero attached hydrogens (tertiary/aromatic N) is 2. The molecule has 0 spiro atoms. The molecule has 7 nitrogen and oxygen atoms in total. The van der Waals surface area contributed by atoms with Gasteiger partial charge in [-0.05, 0) is 19.3 Å². The van der Waals surface area contributed by atoms with Crippen molar-refractivity contribution in [2.45, 2.75) is 37.5 Å². The van der Waals surface area contributed by atoms with Crippen molar-refractivity contribution < 1.29 is 22.8 Å². The molecule has 2 aliphatic rings. The third-order valence-corrected chi connectivity index (χ3v) is 5.97. The van der Waals surface area contributed by atoms with E-state index in [0.717, 1.165) is 12.8 Å². The van der Waals surface area contributed by atoms with E-state index in [1.165, 1.54) is 0 Å². The zero-order chi connectivity index (χ0) is 14.3. The van der Waals surface area contributed by atoms with Gasteiger partial charge in [0.2, 0.25) is 5.89 Å². The van der Waals surface area contributed by atoms with Gasteiger partial charge in [-0.15, -0.1) is 0 Å². The molecule has 1 aliphatic heterocycles. The largest absolute Gasteiger partial charge is 0.481 e. The molecule has 2 fully saturated rings. The number of hydrogen-bond donors (Lipinski definition) is 1. The van der Waals surface area contributed by atoms with Crippen LogP contribution in [0.25, 0.3) is 0 Å². The van der Waals surface area contributed by atoms with Crippen LogP contribution in [0.1, 0.15) is 49.2 Å². The van der Waals surface area contributed by atoms with E-state index >= 15 is 0 Å². The molecule has 1 aromatic rings. The fourth-order valence-electron chi connectivity index (χ4n) is 3.11. The Kier molecular flexibility index (Phi) is 3.27. The second-order valence-corrected chi connectivity index (χ2v) is 7.80. The summed E-state index contributed by atoms with van der Waals surface area (Å²) in [6.07, 6.45) is 2.68. The Morgan fingerprint density at radius 1 is 1.30 bits per heavy atom. The second kappa shape index (κ2) is 4.83. The highest BCUT2D eigenvalue weighted by Gasteiger charge is 2.39. The van der Waals surface area contributed by atoms with Gasteiger partial charge in [-0.2, -0.15) is 4.98 Å². The maximum atomic E-state index is 11.5. The standard InChI is InChI=1S/C12H16N2O5S/c15-12(16)9-3-1-2-8(9)11-13-10(14-19-11)7-4-5-20(17,18)6-7/h7-9H,1-6H2,(H,15,16). The van der Waals surface area contributed by atoms with Crippen LogP contribution in [0.4, 0.5) is 0 Å². The molecule has 3 atom stereocenters. The first kappa shape index (κ1) is 13.5. The maximum absolute atomic E-state index is 11.5. The summed E-state index contributed by atoms with van der Waals surface area (Å²) in [5, 5.41) is 13.0. The summed E-state index contributed by atoms with van der Waals surface area (Å²) >= 11 is 0. The number of carbonyl (C=O) groups is 1. The highest BCUT2D eigenvalue weighted by atomic mass is 32.2. The lowest BCUT2D eigenvalue weighted by molar-refractivity contribution is -0.142. The summed E-state index contributed by atoms with van der Waals surface area (Å²) in [5.41, 5.74) is 0. The van der Waals surface area contributed by atoms with Crippen LogP contribution < -0.4 is 0 Å². The number of carboxylic acid groups (broad SMARTS) is 1. The molecule has 110 valence electrons. The summed E-state index contributed by atoms with van der Waals surface area (Å²) in [6, 6.07) is 0. The van der Waals surface area contributed by atoms with Crippen molar-refractivity contribution in [3.05, 3.63) is 11.7 Å². The van der Waals surface area contributed by atoms with Gasteiger partial charge >= 0.3 is 5.97 Å². The molecule has 3 rings (SSSR count). The Balaban J connectivity index is 1.79. The average molecular weight is 300 g/mol. The van der Waals surface area contributed by atoms with Gasteiger partial charge in [-0.3, -0.25) is 4.79 Å². The Bertz CT molecular complexity index is 624. The highest BCUT2D eigenvalue weighted by Crippen LogP contribution is 2.39. The van der Waals surface area contributed by atoms with Crippen LogP contribution in [-0.2, 0) is 14.6 Å². The molecule has 3 unspecified atom stereocenters. The fraction of sp³-hybridized carbons (Fsp3) is 0.750. The number of sulfone groups is 1. The Morgan fingerprint density at radius 3 is 2.75 bits per heavy atom. The van der Waals surface area contributed by atoms with Crippen molar-refractivity contribution in [1.82, 2.24) is 10.1 Å². The van der Waals surface area contributed by atoms with Gasteiger partial charge in [-0.25, -0.2) is 8.42 Å². The maximum Gasteiger partial charge on any atom is 0.307 e. The van der Waals surface area contributed by atoms with Crippen molar-refractivity contribution >= 4 is 15.8 Å². The van der Waals surface area contributed by atoms with E-state index in [1.54, 1.807) is 0 Å². The minimum absolute atomic E-state index is 0.0546. The number of carboxylic acids is 1. The average Bonchev–Trinajstić information content (AvgIpc) is 3.04. The minimum Gasteiger partial charge on any atom is -0.481 e. The monoisotopic (exact) mass is 300 g/mol. The van der Waals surface area contributed by atoms with Crippen LogP contribution in [0.3, 0.4) is 0 Å². The van der Waals surface area contributed by atoms with Crippen molar-refractivity contribution in [1.29, 1.82) is 0 Å². The Morgan fingerprint density at radius 2 is 2.10 bits per heavy atom. The lowest BCUT2D eigenvalue weighted by Gasteiger charge is -2.10. The molecule has 0 aromatic carbocycles. The van der Waals surface area contributed by atoms with E-state index in [0.29, 0.717) is 24.6 Å². The summed E-state index contributed by atoms with van der Waals surface area (Å²) in [4.78, 5) is 15.4. The first-order valence-electron chi connectivity index (χ1n) is 6.73. The van der Waals surface area contributed by atoms with Crippen LogP contribution in [0.5, 0.6) is 0 Å². The van der Waals surface area contributed by atoms with Crippen molar-refractivity contribution in [2.75, 3.05) is 11.5 Å². The second-order valence-electron chi connectivity index (χ2n) is 5.57. The van der Waals surface area contributed by atoms with Crippen molar-refractivity contribution in [3.63, 3.8) is 0 Å². The van der Waals surface area contributed by atoms with Gasteiger partial charge in [0.05, 0.1) is 23.3 Å². The van der Waals surface area contributed by atoms with Crippen molar-refractivity contribution in [3.8, 4) is 0 Å². The van der Waals surface area contributed by atoms with Gasteiger partial charge in [-0.1, -0.05) is 11.6 Å². The molecule has 1 aromatic heterocycles. The van der Waals surface area contributed by atoms with E-state index in [-0.39, 0.29) is 23.3 Å². The van der Waals surface area contributed by atoms with Gasteiger partial charge < -0.3 is 9.63 Å². The molecular formula is C12H16N2O5S. The smallest absolute Gasteiger partial charge is 0.307 e. The Hall–Kier alpha value is -1.44. The third kappa shape index (κ3) is 2.44. The summed E-state index contributed by atoms with van der Waals surface area (Å²) in [6.45, 7) is 0. The van der Waals surface area contributed by atoms with Crippen LogP contribution >= 0.6 is 0 Å².